The zero-order chi connectivity index (χ0) is 17.4. The maximum atomic E-state index is 10.8. The van der Waals surface area contributed by atoms with Crippen LogP contribution in [0.15, 0.2) is 40.0 Å². The van der Waals surface area contributed by atoms with E-state index in [0.717, 1.165) is 22.7 Å². The molecule has 1 aromatic carbocycles. The third-order valence-electron chi connectivity index (χ3n) is 2.18. The number of nitrogens with one attached hydrogen (secondary N) is 1. The Bertz CT molecular complexity index is 723. The molecule has 0 aliphatic rings. The van der Waals surface area contributed by atoms with Crippen LogP contribution >= 0.6 is 11.8 Å². The van der Waals surface area contributed by atoms with Gasteiger partial charge in [-0.3, -0.25) is 9.96 Å². The van der Waals surface area contributed by atoms with Gasteiger partial charge in [-0.15, -0.1) is 0 Å². The van der Waals surface area contributed by atoms with Gasteiger partial charge in [-0.2, -0.15) is 8.42 Å². The Balaban J connectivity index is 0.000000401. The van der Waals surface area contributed by atoms with Crippen molar-refractivity contribution in [1.82, 2.24) is 0 Å². The van der Waals surface area contributed by atoms with Crippen molar-refractivity contribution in [3.63, 3.8) is 0 Å². The largest absolute Gasteiger partial charge is 0.378 e. The Morgan fingerprint density at radius 1 is 1.27 bits per heavy atom. The van der Waals surface area contributed by atoms with E-state index in [4.69, 9.17) is 15.7 Å². The van der Waals surface area contributed by atoms with Crippen LogP contribution < -0.4 is 5.73 Å². The van der Waals surface area contributed by atoms with Crippen LogP contribution in [0.1, 0.15) is 12.5 Å². The van der Waals surface area contributed by atoms with E-state index < -0.39 is 20.0 Å². The van der Waals surface area contributed by atoms with Gasteiger partial charge in [0.15, 0.2) is 15.0 Å². The molecule has 0 radical (unpaired) electrons. The predicted octanol–water partition coefficient (Wildman–Crippen LogP) is 1.76. The lowest BCUT2D eigenvalue weighted by molar-refractivity contribution is 0.483. The predicted molar refractivity (Wildman–Crippen MR) is 89.1 cm³/mol. The van der Waals surface area contributed by atoms with Gasteiger partial charge in [-0.25, -0.2) is 8.42 Å². The van der Waals surface area contributed by atoms with Gasteiger partial charge in [0, 0.05) is 5.41 Å². The van der Waals surface area contributed by atoms with Crippen LogP contribution in [0.3, 0.4) is 0 Å². The van der Waals surface area contributed by atoms with Crippen LogP contribution in [0.4, 0.5) is 0 Å². The van der Waals surface area contributed by atoms with Crippen LogP contribution in [0.2, 0.25) is 0 Å². The molecule has 0 spiro atoms. The number of rotatable bonds is 4. The summed E-state index contributed by atoms with van der Waals surface area (Å²) in [5.41, 5.74) is 5.92. The number of hydrogen-bond acceptors (Lipinski definition) is 6. The van der Waals surface area contributed by atoms with Gasteiger partial charge in [-0.1, -0.05) is 36.4 Å². The third kappa shape index (κ3) is 9.55. The monoisotopic (exact) mass is 366 g/mol. The van der Waals surface area contributed by atoms with Crippen molar-refractivity contribution >= 4 is 36.9 Å². The van der Waals surface area contributed by atoms with E-state index in [-0.39, 0.29) is 15.8 Å². The Kier molecular flexibility index (Phi) is 8.38. The lowest BCUT2D eigenvalue weighted by atomic mass is 10.2. The molecule has 0 aliphatic carbocycles. The highest BCUT2D eigenvalue weighted by Gasteiger charge is 2.06. The van der Waals surface area contributed by atoms with Crippen LogP contribution in [0, 0.1) is 12.3 Å². The number of amidine groups is 1. The van der Waals surface area contributed by atoms with Crippen molar-refractivity contribution in [3.8, 4) is 0 Å². The molecule has 10 heteroatoms. The van der Waals surface area contributed by atoms with Crippen LogP contribution in [-0.2, 0) is 20.0 Å². The summed E-state index contributed by atoms with van der Waals surface area (Å²) in [4.78, 5) is -0.0666. The van der Waals surface area contributed by atoms with Gasteiger partial charge < -0.3 is 5.73 Å². The summed E-state index contributed by atoms with van der Waals surface area (Å²) in [5.74, 6) is 0.0714. The first-order valence-electron chi connectivity index (χ1n) is 5.92. The molecule has 22 heavy (non-hydrogen) atoms. The molecule has 0 saturated carbocycles. The van der Waals surface area contributed by atoms with Crippen molar-refractivity contribution < 1.29 is 21.4 Å². The fourth-order valence-corrected chi connectivity index (χ4v) is 2.71. The second kappa shape index (κ2) is 8.93. The highest BCUT2D eigenvalue weighted by molar-refractivity contribution is 8.16. The van der Waals surface area contributed by atoms with E-state index in [2.05, 4.69) is 0 Å². The standard InChI is InChI=1S/C7H8O3S.C5H10N2O2S2/c1-6-2-4-7(5-3-6)11(8,9)10;1-2-11(8,9)4-3-10-5(6)7/h2-5H,1H3,(H,8,9,10);3-4H,2H2,1H3,(H3,6,7)/b;4-3+. The third-order valence-corrected chi connectivity index (χ3v) is 5.10. The maximum absolute atomic E-state index is 10.8. The minimum absolute atomic E-state index is 0.0666. The second-order valence-corrected chi connectivity index (χ2v) is 8.54. The van der Waals surface area contributed by atoms with Gasteiger partial charge in [0.2, 0.25) is 0 Å². The van der Waals surface area contributed by atoms with Crippen LogP contribution in [-0.4, -0.2) is 32.3 Å². The molecule has 7 nitrogen and oxygen atoms in total. The second-order valence-electron chi connectivity index (χ2n) is 3.99. The molecule has 0 fully saturated rings. The molecule has 0 amide bonds. The molecule has 0 aliphatic heterocycles. The van der Waals surface area contributed by atoms with Crippen molar-refractivity contribution in [3.05, 3.63) is 40.6 Å². The molecular weight excluding hydrogens is 348 g/mol. The summed E-state index contributed by atoms with van der Waals surface area (Å²) < 4.78 is 51.1. The Morgan fingerprint density at radius 2 is 1.77 bits per heavy atom. The average molecular weight is 366 g/mol. The van der Waals surface area contributed by atoms with Crippen LogP contribution in [0.5, 0.6) is 0 Å². The minimum atomic E-state index is -4.02. The molecule has 0 bridgehead atoms. The smallest absolute Gasteiger partial charge is 0.294 e. The van der Waals surface area contributed by atoms with Gasteiger partial charge in [0.25, 0.3) is 10.1 Å². The summed E-state index contributed by atoms with van der Waals surface area (Å²) in [6.07, 6.45) is 0. The maximum Gasteiger partial charge on any atom is 0.294 e. The van der Waals surface area contributed by atoms with Gasteiger partial charge in [0.1, 0.15) is 0 Å². The molecule has 4 N–H and O–H groups in total. The summed E-state index contributed by atoms with van der Waals surface area (Å²) >= 11 is 0.875. The van der Waals surface area contributed by atoms with E-state index in [0.29, 0.717) is 0 Å². The Hall–Kier alpha value is -1.36. The van der Waals surface area contributed by atoms with E-state index >= 15 is 0 Å². The molecule has 0 unspecified atom stereocenters. The lowest BCUT2D eigenvalue weighted by Gasteiger charge is -1.95. The van der Waals surface area contributed by atoms with Crippen molar-refractivity contribution in [2.75, 3.05) is 5.75 Å². The zero-order valence-electron chi connectivity index (χ0n) is 12.1. The van der Waals surface area contributed by atoms with Crippen molar-refractivity contribution in [2.45, 2.75) is 18.7 Å². The highest BCUT2D eigenvalue weighted by atomic mass is 32.2. The molecule has 0 heterocycles. The topological polar surface area (TPSA) is 138 Å². The van der Waals surface area contributed by atoms with Crippen molar-refractivity contribution in [1.29, 1.82) is 5.41 Å². The fourth-order valence-electron chi connectivity index (χ4n) is 0.992. The summed E-state index contributed by atoms with van der Waals surface area (Å²) in [6, 6.07) is 5.99. The molecule has 1 aromatic rings. The first-order valence-corrected chi connectivity index (χ1v) is 9.95. The van der Waals surface area contributed by atoms with E-state index in [9.17, 15) is 16.8 Å². The Morgan fingerprint density at radius 3 is 2.14 bits per heavy atom. The summed E-state index contributed by atoms with van der Waals surface area (Å²) in [5, 5.41) is 8.98. The minimum Gasteiger partial charge on any atom is -0.378 e. The van der Waals surface area contributed by atoms with Crippen LogP contribution in [0.25, 0.3) is 0 Å². The molecule has 0 atom stereocenters. The first kappa shape index (κ1) is 20.6. The Labute approximate surface area is 134 Å². The van der Waals surface area contributed by atoms with Gasteiger partial charge in [-0.05, 0) is 24.5 Å². The van der Waals surface area contributed by atoms with E-state index in [1.165, 1.54) is 17.5 Å². The molecule has 1 rings (SSSR count). The number of hydrogen-bond donors (Lipinski definition) is 3. The molecular formula is C12H18N2O5S3. The fraction of sp³-hybridized carbons (Fsp3) is 0.250. The van der Waals surface area contributed by atoms with E-state index in [1.807, 2.05) is 6.92 Å². The first-order chi connectivity index (χ1) is 9.98. The summed E-state index contributed by atoms with van der Waals surface area (Å²) in [6.45, 7) is 3.39. The normalized spacial score (nSPS) is 11.8. The molecule has 0 aromatic heterocycles. The van der Waals surface area contributed by atoms with Gasteiger partial charge in [0.05, 0.1) is 10.6 Å². The quantitative estimate of drug-likeness (QED) is 0.419. The molecule has 124 valence electrons. The number of sulfone groups is 1. The zero-order valence-corrected chi connectivity index (χ0v) is 14.5. The average Bonchev–Trinajstić information content (AvgIpc) is 2.38. The number of benzene rings is 1. The number of nitrogens with two attached hydrogens (primary N) is 1. The SMILES string of the molecule is CCS(=O)(=O)/C=C/SC(=N)N.Cc1ccc(S(=O)(=O)O)cc1. The number of aryl methyl sites for hydroxylation is 1. The molecule has 0 saturated heterocycles. The number of thioether (sulfide) groups is 1. The van der Waals surface area contributed by atoms with Gasteiger partial charge >= 0.3 is 0 Å². The van der Waals surface area contributed by atoms with E-state index in [1.54, 1.807) is 19.1 Å². The highest BCUT2D eigenvalue weighted by Crippen LogP contribution is 2.08. The lowest BCUT2D eigenvalue weighted by Crippen LogP contribution is -2.02. The van der Waals surface area contributed by atoms with Crippen molar-refractivity contribution in [2.24, 2.45) is 5.73 Å². The summed E-state index contributed by atoms with van der Waals surface area (Å²) in [7, 11) is -7.09.